The molecule has 41 heavy (non-hydrogen) atoms. The number of amides is 2. The zero-order chi connectivity index (χ0) is 29.6. The Balaban J connectivity index is 1.72. The quantitative estimate of drug-likeness (QED) is 0.365. The third-order valence-electron chi connectivity index (χ3n) is 6.51. The number of benzene rings is 3. The first-order valence-corrected chi connectivity index (χ1v) is 14.5. The van der Waals surface area contributed by atoms with Crippen LogP contribution in [0.3, 0.4) is 0 Å². The van der Waals surface area contributed by atoms with Crippen molar-refractivity contribution in [3.8, 4) is 11.5 Å². The minimum atomic E-state index is -4.42. The van der Waals surface area contributed by atoms with E-state index in [1.54, 1.807) is 6.07 Å². The molecule has 1 heterocycles. The number of nitrogens with zero attached hydrogens (tertiary/aromatic N) is 2. The Morgan fingerprint density at radius 3 is 2.34 bits per heavy atom. The zero-order valence-electron chi connectivity index (χ0n) is 22.7. The molecular weight excluding hydrogens is 556 g/mol. The molecule has 1 aliphatic heterocycles. The Hall–Kier alpha value is -4.19. The van der Waals surface area contributed by atoms with E-state index in [4.69, 9.17) is 9.47 Å². The molecule has 0 radical (unpaired) electrons. The Labute approximate surface area is 237 Å². The van der Waals surface area contributed by atoms with Gasteiger partial charge in [-0.3, -0.25) is 13.9 Å². The van der Waals surface area contributed by atoms with Gasteiger partial charge in [-0.25, -0.2) is 17.2 Å². The van der Waals surface area contributed by atoms with Crippen LogP contribution in [-0.2, 0) is 26.2 Å². The number of carbonyl (C=O) groups is 2. The minimum Gasteiger partial charge on any atom is -0.486 e. The van der Waals surface area contributed by atoms with E-state index in [0.717, 1.165) is 21.3 Å². The average Bonchev–Trinajstić information content (AvgIpc) is 2.98. The molecule has 218 valence electrons. The van der Waals surface area contributed by atoms with Crippen molar-refractivity contribution in [1.29, 1.82) is 0 Å². The van der Waals surface area contributed by atoms with Gasteiger partial charge in [-0.2, -0.15) is 0 Å². The first-order chi connectivity index (χ1) is 19.6. The van der Waals surface area contributed by atoms with E-state index in [1.807, 2.05) is 6.92 Å². The van der Waals surface area contributed by atoms with Gasteiger partial charge >= 0.3 is 0 Å². The number of hydrogen-bond acceptors (Lipinski definition) is 6. The lowest BCUT2D eigenvalue weighted by Crippen LogP contribution is -2.51. The van der Waals surface area contributed by atoms with Gasteiger partial charge in [0.2, 0.25) is 11.8 Å². The third kappa shape index (κ3) is 6.94. The third-order valence-corrected chi connectivity index (χ3v) is 8.28. The van der Waals surface area contributed by atoms with E-state index in [1.165, 1.54) is 55.5 Å². The first kappa shape index (κ1) is 29.8. The van der Waals surface area contributed by atoms with Gasteiger partial charge in [0, 0.05) is 24.7 Å². The number of carbonyl (C=O) groups excluding carboxylic acids is 2. The Morgan fingerprint density at radius 1 is 0.976 bits per heavy atom. The maximum absolute atomic E-state index is 14.6. The Bertz CT molecular complexity index is 1500. The monoisotopic (exact) mass is 587 g/mol. The molecule has 0 saturated carbocycles. The van der Waals surface area contributed by atoms with Crippen molar-refractivity contribution in [2.75, 3.05) is 30.6 Å². The number of anilines is 1. The normalized spacial score (nSPS) is 13.3. The van der Waals surface area contributed by atoms with E-state index < -0.39 is 46.1 Å². The summed E-state index contributed by atoms with van der Waals surface area (Å²) in [7, 11) is -4.42. The summed E-state index contributed by atoms with van der Waals surface area (Å²) in [5, 5.41) is 2.72. The fourth-order valence-electron chi connectivity index (χ4n) is 4.24. The van der Waals surface area contributed by atoms with Crippen molar-refractivity contribution >= 4 is 27.5 Å². The van der Waals surface area contributed by atoms with E-state index >= 15 is 0 Å². The summed E-state index contributed by atoms with van der Waals surface area (Å²) >= 11 is 0. The molecule has 1 N–H and O–H groups in total. The van der Waals surface area contributed by atoms with Crippen LogP contribution in [0.2, 0.25) is 0 Å². The molecule has 0 bridgehead atoms. The number of hydrogen-bond donors (Lipinski definition) is 1. The van der Waals surface area contributed by atoms with Crippen LogP contribution >= 0.6 is 0 Å². The van der Waals surface area contributed by atoms with Gasteiger partial charge in [0.25, 0.3) is 10.0 Å². The second-order valence-corrected chi connectivity index (χ2v) is 11.2. The predicted molar refractivity (Wildman–Crippen MR) is 148 cm³/mol. The van der Waals surface area contributed by atoms with Crippen LogP contribution in [0.25, 0.3) is 0 Å². The van der Waals surface area contributed by atoms with Crippen LogP contribution in [0.5, 0.6) is 11.5 Å². The van der Waals surface area contributed by atoms with Gasteiger partial charge < -0.3 is 19.7 Å². The lowest BCUT2D eigenvalue weighted by molar-refractivity contribution is -0.139. The Kier molecular flexibility index (Phi) is 9.43. The number of nitrogens with one attached hydrogen (secondary N) is 1. The van der Waals surface area contributed by atoms with E-state index in [9.17, 15) is 26.8 Å². The molecule has 0 aliphatic carbocycles. The zero-order valence-corrected chi connectivity index (χ0v) is 23.5. The molecule has 9 nitrogen and oxygen atoms in total. The van der Waals surface area contributed by atoms with Gasteiger partial charge in [0.05, 0.1) is 10.6 Å². The van der Waals surface area contributed by atoms with E-state index in [2.05, 4.69) is 5.32 Å². The van der Waals surface area contributed by atoms with E-state index in [-0.39, 0.29) is 35.0 Å². The van der Waals surface area contributed by atoms with Crippen LogP contribution in [0.15, 0.2) is 71.6 Å². The van der Waals surface area contributed by atoms with Gasteiger partial charge in [0.1, 0.15) is 37.4 Å². The van der Waals surface area contributed by atoms with Gasteiger partial charge in [-0.1, -0.05) is 25.1 Å². The maximum atomic E-state index is 14.6. The van der Waals surface area contributed by atoms with Gasteiger partial charge in [-0.15, -0.1) is 0 Å². The summed E-state index contributed by atoms with van der Waals surface area (Å²) in [6.07, 6.45) is 0.659. The fourth-order valence-corrected chi connectivity index (χ4v) is 5.67. The van der Waals surface area contributed by atoms with Crippen LogP contribution in [0, 0.1) is 11.6 Å². The average molecular weight is 588 g/mol. The Morgan fingerprint density at radius 2 is 1.66 bits per heavy atom. The molecule has 0 fully saturated rings. The van der Waals surface area contributed by atoms with E-state index in [0.29, 0.717) is 25.3 Å². The molecule has 4 rings (SSSR count). The first-order valence-electron chi connectivity index (χ1n) is 13.1. The van der Waals surface area contributed by atoms with Crippen LogP contribution in [-0.4, -0.2) is 57.5 Å². The lowest BCUT2D eigenvalue weighted by atomic mass is 10.1. The van der Waals surface area contributed by atoms with Crippen LogP contribution < -0.4 is 19.1 Å². The molecule has 0 spiro atoms. The second kappa shape index (κ2) is 13.0. The van der Waals surface area contributed by atoms with Crippen molar-refractivity contribution < 1.29 is 36.3 Å². The molecule has 0 aromatic heterocycles. The molecule has 3 aromatic carbocycles. The number of sulfonamides is 1. The molecule has 1 atom stereocenters. The topological polar surface area (TPSA) is 105 Å². The molecule has 3 aromatic rings. The van der Waals surface area contributed by atoms with Crippen molar-refractivity contribution in [1.82, 2.24) is 10.2 Å². The highest BCUT2D eigenvalue weighted by Gasteiger charge is 2.33. The van der Waals surface area contributed by atoms with Crippen LogP contribution in [0.1, 0.15) is 25.8 Å². The lowest BCUT2D eigenvalue weighted by Gasteiger charge is -2.32. The highest BCUT2D eigenvalue weighted by molar-refractivity contribution is 7.92. The summed E-state index contributed by atoms with van der Waals surface area (Å²) in [5.74, 6) is -1.81. The van der Waals surface area contributed by atoms with Gasteiger partial charge in [-0.05, 0) is 55.8 Å². The number of halogens is 2. The maximum Gasteiger partial charge on any atom is 0.264 e. The number of fused-ring (bicyclic) bond motifs is 1. The standard InChI is InChI=1S/C29H31F2N3O6S/c1-3-14-32-29(36)20(2)33(18-21-6-4-5-7-25(21)31)28(35)19-34(23-10-8-22(30)9-11-23)41(37,38)24-12-13-26-27(17-24)40-16-15-39-26/h4-13,17,20H,3,14-16,18-19H2,1-2H3,(H,32,36)/t20-/m0/s1. The minimum absolute atomic E-state index is 0.0172. The summed E-state index contributed by atoms with van der Waals surface area (Å²) < 4.78 is 68.1. The highest BCUT2D eigenvalue weighted by atomic mass is 32.2. The molecular formula is C29H31F2N3O6S. The second-order valence-electron chi connectivity index (χ2n) is 9.37. The predicted octanol–water partition coefficient (Wildman–Crippen LogP) is 3.87. The highest BCUT2D eigenvalue weighted by Crippen LogP contribution is 2.34. The molecule has 1 aliphatic rings. The van der Waals surface area contributed by atoms with Crippen molar-refractivity contribution in [3.63, 3.8) is 0 Å². The van der Waals surface area contributed by atoms with Crippen molar-refractivity contribution in [2.45, 2.75) is 37.8 Å². The summed E-state index contributed by atoms with van der Waals surface area (Å²) in [6.45, 7) is 3.25. The van der Waals surface area contributed by atoms with Gasteiger partial charge in [0.15, 0.2) is 11.5 Å². The molecule has 0 unspecified atom stereocenters. The van der Waals surface area contributed by atoms with Crippen LogP contribution in [0.4, 0.5) is 14.5 Å². The summed E-state index contributed by atoms with van der Waals surface area (Å²) in [6, 6.07) is 13.4. The fraction of sp³-hybridized carbons (Fsp3) is 0.310. The summed E-state index contributed by atoms with van der Waals surface area (Å²) in [4.78, 5) is 27.6. The van der Waals surface area contributed by atoms with Crippen molar-refractivity contribution in [2.24, 2.45) is 0 Å². The SMILES string of the molecule is CCCNC(=O)[C@H](C)N(Cc1ccccc1F)C(=O)CN(c1ccc(F)cc1)S(=O)(=O)c1ccc2c(c1)OCCO2. The molecule has 0 saturated heterocycles. The van der Waals surface area contributed by atoms with Crippen molar-refractivity contribution in [3.05, 3.63) is 83.9 Å². The number of rotatable bonds is 11. The largest absolute Gasteiger partial charge is 0.486 e. The number of ether oxygens (including phenoxy) is 2. The smallest absolute Gasteiger partial charge is 0.264 e. The molecule has 12 heteroatoms. The molecule has 2 amide bonds. The summed E-state index contributed by atoms with van der Waals surface area (Å²) in [5.41, 5.74) is 0.169.